The topological polar surface area (TPSA) is 26.0 Å². The molecule has 1 nitrogen and oxygen atoms in total. The number of hydrogen-bond acceptors (Lipinski definition) is 1. The van der Waals surface area contributed by atoms with E-state index in [1.165, 1.54) is 0 Å². The maximum Gasteiger partial charge on any atom is 0.427 e. The zero-order chi connectivity index (χ0) is 6.57. The first-order chi connectivity index (χ1) is 3.68. The van der Waals surface area contributed by atoms with Gasteiger partial charge >= 0.3 is 9.46 Å². The number of hydrogen-bond donors (Lipinski definition) is 1. The Morgan fingerprint density at radius 2 is 2.12 bits per heavy atom. The van der Waals surface area contributed by atoms with Gasteiger partial charge in [-0.2, -0.15) is 0 Å². The molecule has 0 saturated carbocycles. The third-order valence-electron chi connectivity index (χ3n) is 0.946. The Balaban J connectivity index is 3.17. The van der Waals surface area contributed by atoms with Crippen LogP contribution in [0.2, 0.25) is 0 Å². The van der Waals surface area contributed by atoms with Gasteiger partial charge in [0.05, 0.1) is 5.67 Å². The second-order valence-corrected chi connectivity index (χ2v) is 3.31. The molecule has 2 N–H and O–H groups in total. The van der Waals surface area contributed by atoms with Crippen LogP contribution < -0.4 is 5.73 Å². The van der Waals surface area contributed by atoms with Crippen LogP contribution in [0.15, 0.2) is 0 Å². The van der Waals surface area contributed by atoms with Crippen LogP contribution in [0.5, 0.6) is 0 Å². The van der Waals surface area contributed by atoms with E-state index in [0.717, 1.165) is 6.42 Å². The van der Waals surface area contributed by atoms with Gasteiger partial charge in [-0.25, -0.2) is 0 Å². The van der Waals surface area contributed by atoms with Gasteiger partial charge < -0.3 is 5.73 Å². The molecule has 0 radical (unpaired) electrons. The van der Waals surface area contributed by atoms with Crippen LogP contribution in [0.25, 0.3) is 0 Å². The largest absolute Gasteiger partial charge is 0.427 e. The van der Waals surface area contributed by atoms with Gasteiger partial charge in [0, 0.05) is 0 Å². The fourth-order valence-electron chi connectivity index (χ4n) is 0.459. The van der Waals surface area contributed by atoms with E-state index < -0.39 is 15.1 Å². The van der Waals surface area contributed by atoms with E-state index in [9.17, 15) is 8.22 Å². The van der Waals surface area contributed by atoms with Crippen LogP contribution >= 0.6 is 0 Å². The molecule has 0 aromatic rings. The van der Waals surface area contributed by atoms with E-state index in [1.54, 1.807) is 0 Å². The highest BCUT2D eigenvalue weighted by Crippen LogP contribution is 1.99. The summed E-state index contributed by atoms with van der Waals surface area (Å²) in [7, 11) is -3.50. The standard InChI is InChI=1S/C4H11F2NSi/c1-2-3-4(7)8(5)6/h4,8H,2-3,7H2,1H3. The molecule has 8 heavy (non-hydrogen) atoms. The van der Waals surface area contributed by atoms with Crippen molar-refractivity contribution in [2.45, 2.75) is 25.4 Å². The molecule has 1 unspecified atom stereocenters. The lowest BCUT2D eigenvalue weighted by Crippen LogP contribution is -2.31. The number of nitrogens with two attached hydrogens (primary N) is 1. The number of halogens is 2. The zero-order valence-corrected chi connectivity index (χ0v) is 6.06. The van der Waals surface area contributed by atoms with Crippen LogP contribution in [-0.2, 0) is 0 Å². The van der Waals surface area contributed by atoms with Crippen molar-refractivity contribution in [1.29, 1.82) is 0 Å². The van der Waals surface area contributed by atoms with E-state index in [-0.39, 0.29) is 0 Å². The lowest BCUT2D eigenvalue weighted by atomic mass is 10.3. The molecule has 0 aromatic carbocycles. The van der Waals surface area contributed by atoms with E-state index in [4.69, 9.17) is 5.73 Å². The van der Waals surface area contributed by atoms with Gasteiger partial charge in [-0.1, -0.05) is 13.3 Å². The molecule has 4 heteroatoms. The highest BCUT2D eigenvalue weighted by molar-refractivity contribution is 6.44. The summed E-state index contributed by atoms with van der Waals surface area (Å²) < 4.78 is 23.3. The summed E-state index contributed by atoms with van der Waals surface area (Å²) in [6.07, 6.45) is 1.24. The fourth-order valence-corrected chi connectivity index (χ4v) is 1.04. The molecule has 0 bridgehead atoms. The minimum absolute atomic E-state index is 0.476. The lowest BCUT2D eigenvalue weighted by Gasteiger charge is -2.04. The maximum atomic E-state index is 11.6. The second kappa shape index (κ2) is 3.97. The Morgan fingerprint density at radius 1 is 1.62 bits per heavy atom. The molecule has 50 valence electrons. The van der Waals surface area contributed by atoms with Crippen molar-refractivity contribution in [2.75, 3.05) is 0 Å². The summed E-state index contributed by atoms with van der Waals surface area (Å²) in [5.74, 6) is 0. The van der Waals surface area contributed by atoms with Crippen LogP contribution in [0, 0.1) is 0 Å². The van der Waals surface area contributed by atoms with E-state index in [0.29, 0.717) is 6.42 Å². The Hall–Kier alpha value is 0.0369. The Kier molecular flexibility index (Phi) is 3.99. The second-order valence-electron chi connectivity index (χ2n) is 1.79. The maximum absolute atomic E-state index is 11.6. The predicted octanol–water partition coefficient (Wildman–Crippen LogP) is 0.812. The minimum atomic E-state index is -3.50. The summed E-state index contributed by atoms with van der Waals surface area (Å²) in [5.41, 5.74) is 4.26. The quantitative estimate of drug-likeness (QED) is 0.454. The van der Waals surface area contributed by atoms with Crippen molar-refractivity contribution in [3.8, 4) is 0 Å². The van der Waals surface area contributed by atoms with Gasteiger partial charge in [0.25, 0.3) is 0 Å². The smallest absolute Gasteiger partial charge is 0.326 e. The average Bonchev–Trinajstić information content (AvgIpc) is 1.67. The van der Waals surface area contributed by atoms with Gasteiger partial charge in [-0.3, -0.25) is 8.22 Å². The third-order valence-corrected chi connectivity index (χ3v) is 1.93. The molecule has 0 aliphatic carbocycles. The van der Waals surface area contributed by atoms with Gasteiger partial charge in [-0.05, 0) is 6.42 Å². The molecule has 0 aromatic heterocycles. The molecular formula is C4H11F2NSi. The summed E-state index contributed by atoms with van der Waals surface area (Å²) in [6, 6.07) is 0. The molecule has 0 spiro atoms. The van der Waals surface area contributed by atoms with Crippen LogP contribution in [0.4, 0.5) is 8.22 Å². The molecule has 0 aliphatic rings. The van der Waals surface area contributed by atoms with Gasteiger partial charge in [0.15, 0.2) is 0 Å². The molecule has 0 amide bonds. The van der Waals surface area contributed by atoms with Crippen molar-refractivity contribution in [3.63, 3.8) is 0 Å². The van der Waals surface area contributed by atoms with Crippen molar-refractivity contribution >= 4 is 9.46 Å². The molecule has 0 saturated heterocycles. The van der Waals surface area contributed by atoms with Crippen molar-refractivity contribution < 1.29 is 8.22 Å². The van der Waals surface area contributed by atoms with Crippen molar-refractivity contribution in [1.82, 2.24) is 0 Å². The molecule has 0 rings (SSSR count). The first-order valence-corrected chi connectivity index (χ1v) is 4.26. The van der Waals surface area contributed by atoms with Crippen molar-refractivity contribution in [2.24, 2.45) is 5.73 Å². The van der Waals surface area contributed by atoms with Gasteiger partial charge in [0.1, 0.15) is 0 Å². The molecule has 0 aliphatic heterocycles. The Morgan fingerprint density at radius 3 is 2.25 bits per heavy atom. The van der Waals surface area contributed by atoms with E-state index in [1.807, 2.05) is 6.92 Å². The average molecular weight is 139 g/mol. The Bertz CT molecular complexity index is 60.0. The SMILES string of the molecule is CCCC(N)[SiH](F)F. The summed E-state index contributed by atoms with van der Waals surface area (Å²) in [4.78, 5) is 0. The lowest BCUT2D eigenvalue weighted by molar-refractivity contribution is 0.582. The third kappa shape index (κ3) is 3.09. The highest BCUT2D eigenvalue weighted by atomic mass is 28.4. The van der Waals surface area contributed by atoms with Crippen molar-refractivity contribution in [3.05, 3.63) is 0 Å². The van der Waals surface area contributed by atoms with Crippen LogP contribution in [0.3, 0.4) is 0 Å². The fraction of sp³-hybridized carbons (Fsp3) is 1.00. The molecule has 0 heterocycles. The normalized spacial score (nSPS) is 14.6. The van der Waals surface area contributed by atoms with E-state index >= 15 is 0 Å². The van der Waals surface area contributed by atoms with Crippen LogP contribution in [0.1, 0.15) is 19.8 Å². The minimum Gasteiger partial charge on any atom is -0.326 e. The first kappa shape index (κ1) is 8.04. The van der Waals surface area contributed by atoms with Crippen LogP contribution in [-0.4, -0.2) is 15.1 Å². The summed E-state index contributed by atoms with van der Waals surface area (Å²) in [5, 5.41) is 0. The predicted molar refractivity (Wildman–Crippen MR) is 32.2 cm³/mol. The van der Waals surface area contributed by atoms with Gasteiger partial charge in [0.2, 0.25) is 0 Å². The monoisotopic (exact) mass is 139 g/mol. The highest BCUT2D eigenvalue weighted by Gasteiger charge is 2.17. The zero-order valence-electron chi connectivity index (χ0n) is 4.90. The molecule has 1 atom stereocenters. The molecular weight excluding hydrogens is 128 g/mol. The first-order valence-electron chi connectivity index (χ1n) is 2.72. The Labute approximate surface area is 49.8 Å². The van der Waals surface area contributed by atoms with E-state index in [2.05, 4.69) is 0 Å². The van der Waals surface area contributed by atoms with Gasteiger partial charge in [-0.15, -0.1) is 0 Å². The molecule has 0 fully saturated rings. The summed E-state index contributed by atoms with van der Waals surface area (Å²) in [6.45, 7) is 1.86. The number of rotatable bonds is 3. The summed E-state index contributed by atoms with van der Waals surface area (Å²) >= 11 is 0.